The summed E-state index contributed by atoms with van der Waals surface area (Å²) < 4.78 is 5.55. The third-order valence-electron chi connectivity index (χ3n) is 3.25. The second kappa shape index (κ2) is 8.77. The van der Waals surface area contributed by atoms with Gasteiger partial charge in [0, 0.05) is 12.6 Å². The molecule has 3 nitrogen and oxygen atoms in total. The summed E-state index contributed by atoms with van der Waals surface area (Å²) in [6, 6.07) is 7.70. The van der Waals surface area contributed by atoms with E-state index < -0.39 is 6.10 Å². The summed E-state index contributed by atoms with van der Waals surface area (Å²) in [6.45, 7) is 11.4. The molecule has 0 aliphatic carbocycles. The van der Waals surface area contributed by atoms with Gasteiger partial charge < -0.3 is 15.2 Å². The molecule has 0 aliphatic heterocycles. The Bertz CT molecular complexity index is 386. The van der Waals surface area contributed by atoms with Gasteiger partial charge in [0.15, 0.2) is 0 Å². The van der Waals surface area contributed by atoms with Crippen molar-refractivity contribution in [2.45, 2.75) is 39.3 Å². The minimum Gasteiger partial charge on any atom is -0.494 e. The number of hydrogen-bond donors (Lipinski definition) is 2. The van der Waals surface area contributed by atoms with Gasteiger partial charge in [-0.3, -0.25) is 0 Å². The molecular formula is C17H27NO2. The lowest BCUT2D eigenvalue weighted by molar-refractivity contribution is 0.107. The molecule has 0 bridgehead atoms. The summed E-state index contributed by atoms with van der Waals surface area (Å²) in [4.78, 5) is 0. The smallest absolute Gasteiger partial charge is 0.119 e. The SMILES string of the molecule is C=CCNC(C(C)C)C(O)c1ccc(OCCC)cc1. The molecule has 0 fully saturated rings. The maximum absolute atomic E-state index is 10.5. The highest BCUT2D eigenvalue weighted by Gasteiger charge is 2.23. The summed E-state index contributed by atoms with van der Waals surface area (Å²) >= 11 is 0. The Balaban J connectivity index is 2.72. The van der Waals surface area contributed by atoms with Crippen LogP contribution in [-0.2, 0) is 0 Å². The van der Waals surface area contributed by atoms with Gasteiger partial charge in [0.25, 0.3) is 0 Å². The van der Waals surface area contributed by atoms with Crippen molar-refractivity contribution in [3.63, 3.8) is 0 Å². The van der Waals surface area contributed by atoms with Crippen LogP contribution in [0.5, 0.6) is 5.75 Å². The predicted molar refractivity (Wildman–Crippen MR) is 84.0 cm³/mol. The van der Waals surface area contributed by atoms with E-state index in [0.717, 1.165) is 24.3 Å². The van der Waals surface area contributed by atoms with E-state index in [1.807, 2.05) is 30.3 Å². The third-order valence-corrected chi connectivity index (χ3v) is 3.25. The zero-order valence-electron chi connectivity index (χ0n) is 12.8. The van der Waals surface area contributed by atoms with E-state index in [1.165, 1.54) is 0 Å². The maximum Gasteiger partial charge on any atom is 0.119 e. The van der Waals surface area contributed by atoms with Gasteiger partial charge in [-0.05, 0) is 30.0 Å². The predicted octanol–water partition coefficient (Wildman–Crippen LogP) is 3.31. The average molecular weight is 277 g/mol. The second-order valence-electron chi connectivity index (χ2n) is 5.33. The van der Waals surface area contributed by atoms with Gasteiger partial charge >= 0.3 is 0 Å². The molecule has 0 amide bonds. The van der Waals surface area contributed by atoms with Gasteiger partial charge in [0.05, 0.1) is 12.7 Å². The van der Waals surface area contributed by atoms with Crippen LogP contribution in [-0.4, -0.2) is 24.3 Å². The molecule has 0 spiro atoms. The average Bonchev–Trinajstić information content (AvgIpc) is 2.45. The lowest BCUT2D eigenvalue weighted by Crippen LogP contribution is -2.39. The monoisotopic (exact) mass is 277 g/mol. The molecular weight excluding hydrogens is 250 g/mol. The topological polar surface area (TPSA) is 41.5 Å². The van der Waals surface area contributed by atoms with Gasteiger partial charge in [0.1, 0.15) is 5.75 Å². The van der Waals surface area contributed by atoms with E-state index in [0.29, 0.717) is 12.5 Å². The van der Waals surface area contributed by atoms with Crippen LogP contribution >= 0.6 is 0 Å². The largest absolute Gasteiger partial charge is 0.494 e. The highest BCUT2D eigenvalue weighted by Crippen LogP contribution is 2.24. The first-order chi connectivity index (χ1) is 9.60. The van der Waals surface area contributed by atoms with Crippen LogP contribution in [0.4, 0.5) is 0 Å². The van der Waals surface area contributed by atoms with E-state index in [4.69, 9.17) is 4.74 Å². The number of hydrogen-bond acceptors (Lipinski definition) is 3. The zero-order chi connectivity index (χ0) is 15.0. The number of ether oxygens (including phenoxy) is 1. The Morgan fingerprint density at radius 1 is 1.30 bits per heavy atom. The standard InChI is InChI=1S/C17H27NO2/c1-5-11-18-16(13(3)4)17(19)14-7-9-15(10-8-14)20-12-6-2/h5,7-10,13,16-19H,1,6,11-12H2,2-4H3. The first kappa shape index (κ1) is 16.7. The molecule has 1 aromatic carbocycles. The Kier molecular flexibility index (Phi) is 7.34. The lowest BCUT2D eigenvalue weighted by Gasteiger charge is -2.27. The van der Waals surface area contributed by atoms with Gasteiger partial charge in [-0.1, -0.05) is 39.0 Å². The van der Waals surface area contributed by atoms with Crippen molar-refractivity contribution in [2.75, 3.05) is 13.2 Å². The fraction of sp³-hybridized carbons (Fsp3) is 0.529. The van der Waals surface area contributed by atoms with Crippen LogP contribution in [0.1, 0.15) is 38.9 Å². The van der Waals surface area contributed by atoms with E-state index in [-0.39, 0.29) is 6.04 Å². The summed E-state index contributed by atoms with van der Waals surface area (Å²) in [5, 5.41) is 13.8. The Hall–Kier alpha value is -1.32. The van der Waals surface area contributed by atoms with E-state index in [9.17, 15) is 5.11 Å². The van der Waals surface area contributed by atoms with Gasteiger partial charge in [-0.2, -0.15) is 0 Å². The fourth-order valence-electron chi connectivity index (χ4n) is 2.12. The van der Waals surface area contributed by atoms with Crippen molar-refractivity contribution in [3.05, 3.63) is 42.5 Å². The minimum atomic E-state index is -0.532. The van der Waals surface area contributed by atoms with Gasteiger partial charge in [-0.25, -0.2) is 0 Å². The Labute approximate surface area is 122 Å². The summed E-state index contributed by atoms with van der Waals surface area (Å²) in [5.41, 5.74) is 0.907. The zero-order valence-corrected chi connectivity index (χ0v) is 12.8. The molecule has 2 unspecified atom stereocenters. The van der Waals surface area contributed by atoms with Crippen molar-refractivity contribution in [1.29, 1.82) is 0 Å². The van der Waals surface area contributed by atoms with Crippen molar-refractivity contribution in [2.24, 2.45) is 5.92 Å². The Morgan fingerprint density at radius 2 is 1.95 bits per heavy atom. The third kappa shape index (κ3) is 4.99. The minimum absolute atomic E-state index is 0.00964. The van der Waals surface area contributed by atoms with Gasteiger partial charge in [0.2, 0.25) is 0 Å². The van der Waals surface area contributed by atoms with E-state index >= 15 is 0 Å². The lowest BCUT2D eigenvalue weighted by atomic mass is 9.93. The molecule has 0 saturated heterocycles. The van der Waals surface area contributed by atoms with Crippen molar-refractivity contribution in [3.8, 4) is 5.75 Å². The van der Waals surface area contributed by atoms with Crippen LogP contribution in [0.25, 0.3) is 0 Å². The number of aliphatic hydroxyl groups excluding tert-OH is 1. The van der Waals surface area contributed by atoms with Crippen LogP contribution < -0.4 is 10.1 Å². The van der Waals surface area contributed by atoms with Crippen molar-refractivity contribution >= 4 is 0 Å². The highest BCUT2D eigenvalue weighted by atomic mass is 16.5. The molecule has 3 heteroatoms. The van der Waals surface area contributed by atoms with E-state index in [2.05, 4.69) is 32.7 Å². The number of rotatable bonds is 9. The number of aliphatic hydroxyl groups is 1. The van der Waals surface area contributed by atoms with Gasteiger partial charge in [-0.15, -0.1) is 6.58 Å². The molecule has 0 aliphatic rings. The highest BCUT2D eigenvalue weighted by molar-refractivity contribution is 5.29. The molecule has 0 aromatic heterocycles. The summed E-state index contributed by atoms with van der Waals surface area (Å²) in [7, 11) is 0. The molecule has 0 heterocycles. The summed E-state index contributed by atoms with van der Waals surface area (Å²) in [5.74, 6) is 1.18. The van der Waals surface area contributed by atoms with Crippen LogP contribution in [0, 0.1) is 5.92 Å². The fourth-order valence-corrected chi connectivity index (χ4v) is 2.12. The molecule has 112 valence electrons. The molecule has 20 heavy (non-hydrogen) atoms. The Morgan fingerprint density at radius 3 is 2.45 bits per heavy atom. The molecule has 0 saturated carbocycles. The normalized spacial score (nSPS) is 14.1. The molecule has 0 radical (unpaired) electrons. The maximum atomic E-state index is 10.5. The first-order valence-corrected chi connectivity index (χ1v) is 7.35. The number of benzene rings is 1. The van der Waals surface area contributed by atoms with Crippen LogP contribution in [0.2, 0.25) is 0 Å². The van der Waals surface area contributed by atoms with Crippen molar-refractivity contribution in [1.82, 2.24) is 5.32 Å². The second-order valence-corrected chi connectivity index (χ2v) is 5.33. The quantitative estimate of drug-likeness (QED) is 0.680. The van der Waals surface area contributed by atoms with E-state index in [1.54, 1.807) is 0 Å². The van der Waals surface area contributed by atoms with Crippen molar-refractivity contribution < 1.29 is 9.84 Å². The first-order valence-electron chi connectivity index (χ1n) is 7.35. The van der Waals surface area contributed by atoms with Crippen LogP contribution in [0.3, 0.4) is 0 Å². The summed E-state index contributed by atoms with van der Waals surface area (Å²) in [6.07, 6.45) is 2.27. The molecule has 2 atom stereocenters. The number of nitrogens with one attached hydrogen (secondary N) is 1. The van der Waals surface area contributed by atoms with Crippen LogP contribution in [0.15, 0.2) is 36.9 Å². The molecule has 1 aromatic rings. The molecule has 1 rings (SSSR count). The molecule has 2 N–H and O–H groups in total.